The van der Waals surface area contributed by atoms with Crippen LogP contribution in [-0.2, 0) is 17.8 Å². The molecule has 1 unspecified atom stereocenters. The first-order valence-corrected chi connectivity index (χ1v) is 7.05. The van der Waals surface area contributed by atoms with Gasteiger partial charge in [-0.05, 0) is 23.3 Å². The predicted molar refractivity (Wildman–Crippen MR) is 77.4 cm³/mol. The molecule has 1 aliphatic rings. The maximum atomic E-state index is 13.5. The van der Waals surface area contributed by atoms with Crippen LogP contribution in [0, 0.1) is 11.6 Å². The van der Waals surface area contributed by atoms with E-state index < -0.39 is 23.1 Å². The van der Waals surface area contributed by atoms with Crippen LogP contribution >= 0.6 is 0 Å². The second kappa shape index (κ2) is 6.23. The molecule has 22 heavy (non-hydrogen) atoms. The van der Waals surface area contributed by atoms with Crippen LogP contribution < -0.4 is 5.32 Å². The van der Waals surface area contributed by atoms with Gasteiger partial charge in [0.15, 0.2) is 0 Å². The molecule has 1 atom stereocenters. The first-order chi connectivity index (χ1) is 10.6. The third-order valence-electron chi connectivity index (χ3n) is 3.72. The molecule has 1 N–H and O–H groups in total. The molecule has 1 amide bonds. The zero-order valence-electron chi connectivity index (χ0n) is 11.8. The van der Waals surface area contributed by atoms with Gasteiger partial charge in [0.1, 0.15) is 17.2 Å². The van der Waals surface area contributed by atoms with Crippen molar-refractivity contribution in [3.05, 3.63) is 70.8 Å². The van der Waals surface area contributed by atoms with Gasteiger partial charge >= 0.3 is 0 Å². The molecule has 3 rings (SSSR count). The largest absolute Gasteiger partial charge is 0.371 e. The van der Waals surface area contributed by atoms with Crippen LogP contribution in [0.25, 0.3) is 0 Å². The molecule has 1 heterocycles. The summed E-state index contributed by atoms with van der Waals surface area (Å²) >= 11 is 0. The lowest BCUT2D eigenvalue weighted by atomic mass is 9.99. The van der Waals surface area contributed by atoms with Gasteiger partial charge in [-0.2, -0.15) is 0 Å². The maximum absolute atomic E-state index is 13.5. The summed E-state index contributed by atoms with van der Waals surface area (Å²) in [6.45, 7) is 0.686. The van der Waals surface area contributed by atoms with Gasteiger partial charge in [0.25, 0.3) is 5.91 Å². The van der Waals surface area contributed by atoms with Crippen LogP contribution in [0.1, 0.15) is 21.5 Å². The zero-order valence-corrected chi connectivity index (χ0v) is 11.8. The van der Waals surface area contributed by atoms with Gasteiger partial charge in [0.05, 0.1) is 12.7 Å². The second-order valence-electron chi connectivity index (χ2n) is 5.21. The number of carbonyl (C=O) groups excluding carboxylic acids is 1. The van der Waals surface area contributed by atoms with Crippen molar-refractivity contribution in [2.24, 2.45) is 0 Å². The standard InChI is InChI=1S/C17H15F2NO2/c18-14-6-3-7-15(19)16(14)17(21)20-9-13-8-11-4-1-2-5-12(11)10-22-13/h1-7,13H,8-10H2,(H,20,21). The minimum atomic E-state index is -0.868. The van der Waals surface area contributed by atoms with Gasteiger partial charge < -0.3 is 10.1 Å². The highest BCUT2D eigenvalue weighted by Gasteiger charge is 2.21. The minimum Gasteiger partial charge on any atom is -0.371 e. The Morgan fingerprint density at radius 2 is 1.77 bits per heavy atom. The van der Waals surface area contributed by atoms with E-state index in [9.17, 15) is 13.6 Å². The molecule has 0 saturated carbocycles. The smallest absolute Gasteiger partial charge is 0.257 e. The average Bonchev–Trinajstić information content (AvgIpc) is 2.52. The normalized spacial score (nSPS) is 16.9. The van der Waals surface area contributed by atoms with Crippen molar-refractivity contribution < 1.29 is 18.3 Å². The number of benzene rings is 2. The maximum Gasteiger partial charge on any atom is 0.257 e. The molecule has 1 aliphatic heterocycles. The average molecular weight is 303 g/mol. The summed E-state index contributed by atoms with van der Waals surface area (Å²) in [5.41, 5.74) is 1.74. The molecule has 0 bridgehead atoms. The SMILES string of the molecule is O=C(NCC1Cc2ccccc2CO1)c1c(F)cccc1F. The minimum absolute atomic E-state index is 0.200. The number of hydrogen-bond acceptors (Lipinski definition) is 2. The molecule has 0 aromatic heterocycles. The third kappa shape index (κ3) is 2.99. The first-order valence-electron chi connectivity index (χ1n) is 7.05. The lowest BCUT2D eigenvalue weighted by Gasteiger charge is -2.25. The van der Waals surface area contributed by atoms with E-state index in [0.29, 0.717) is 13.0 Å². The number of fused-ring (bicyclic) bond motifs is 1. The summed E-state index contributed by atoms with van der Waals surface area (Å²) in [4.78, 5) is 11.9. The quantitative estimate of drug-likeness (QED) is 0.947. The van der Waals surface area contributed by atoms with Crippen molar-refractivity contribution in [1.82, 2.24) is 5.32 Å². The molecule has 3 nitrogen and oxygen atoms in total. The topological polar surface area (TPSA) is 38.3 Å². The van der Waals surface area contributed by atoms with E-state index in [1.54, 1.807) is 0 Å². The van der Waals surface area contributed by atoms with E-state index in [1.165, 1.54) is 11.6 Å². The number of carbonyl (C=O) groups is 1. The number of halogens is 2. The lowest BCUT2D eigenvalue weighted by Crippen LogP contribution is -2.37. The lowest BCUT2D eigenvalue weighted by molar-refractivity contribution is 0.0284. The number of ether oxygens (including phenoxy) is 1. The molecule has 2 aromatic carbocycles. The van der Waals surface area contributed by atoms with Gasteiger partial charge in [-0.1, -0.05) is 30.3 Å². The van der Waals surface area contributed by atoms with E-state index in [0.717, 1.165) is 17.7 Å². The van der Waals surface area contributed by atoms with E-state index in [1.807, 2.05) is 24.3 Å². The molecular formula is C17H15F2NO2. The fourth-order valence-electron chi connectivity index (χ4n) is 2.55. The summed E-state index contributed by atoms with van der Waals surface area (Å²) in [7, 11) is 0. The van der Waals surface area contributed by atoms with Crippen molar-refractivity contribution in [2.75, 3.05) is 6.54 Å². The Labute approximate surface area is 126 Å². The molecule has 114 valence electrons. The van der Waals surface area contributed by atoms with Crippen LogP contribution in [-0.4, -0.2) is 18.6 Å². The molecule has 2 aromatic rings. The summed E-state index contributed by atoms with van der Waals surface area (Å²) < 4.78 is 32.7. The van der Waals surface area contributed by atoms with E-state index >= 15 is 0 Å². The van der Waals surface area contributed by atoms with Gasteiger partial charge in [-0.15, -0.1) is 0 Å². The zero-order chi connectivity index (χ0) is 15.5. The Kier molecular flexibility index (Phi) is 4.15. The van der Waals surface area contributed by atoms with Crippen molar-refractivity contribution >= 4 is 5.91 Å². The fraction of sp³-hybridized carbons (Fsp3) is 0.235. The monoisotopic (exact) mass is 303 g/mol. The van der Waals surface area contributed by atoms with Crippen molar-refractivity contribution in [3.63, 3.8) is 0 Å². The van der Waals surface area contributed by atoms with Gasteiger partial charge in [-0.3, -0.25) is 4.79 Å². The number of nitrogens with one attached hydrogen (secondary N) is 1. The summed E-state index contributed by atoms with van der Waals surface area (Å²) in [6.07, 6.45) is 0.463. The van der Waals surface area contributed by atoms with E-state index in [4.69, 9.17) is 4.74 Å². The Balaban J connectivity index is 1.63. The van der Waals surface area contributed by atoms with Crippen LogP contribution in [0.3, 0.4) is 0 Å². The van der Waals surface area contributed by atoms with Crippen molar-refractivity contribution in [3.8, 4) is 0 Å². The van der Waals surface area contributed by atoms with E-state index in [2.05, 4.69) is 5.32 Å². The summed E-state index contributed by atoms with van der Waals surface area (Å²) in [6, 6.07) is 11.3. The first kappa shape index (κ1) is 14.7. The Morgan fingerprint density at radius 3 is 2.50 bits per heavy atom. The van der Waals surface area contributed by atoms with Crippen LogP contribution in [0.4, 0.5) is 8.78 Å². The fourth-order valence-corrected chi connectivity index (χ4v) is 2.55. The highest BCUT2D eigenvalue weighted by molar-refractivity contribution is 5.94. The molecule has 0 radical (unpaired) electrons. The van der Waals surface area contributed by atoms with Crippen LogP contribution in [0.2, 0.25) is 0 Å². The third-order valence-corrected chi connectivity index (χ3v) is 3.72. The predicted octanol–water partition coefficient (Wildman–Crippen LogP) is 2.84. The highest BCUT2D eigenvalue weighted by atomic mass is 19.1. The molecule has 0 spiro atoms. The molecule has 0 aliphatic carbocycles. The highest BCUT2D eigenvalue weighted by Crippen LogP contribution is 2.20. The molecule has 0 fully saturated rings. The van der Waals surface area contributed by atoms with Crippen LogP contribution in [0.15, 0.2) is 42.5 Å². The van der Waals surface area contributed by atoms with Gasteiger partial charge in [-0.25, -0.2) is 8.78 Å². The summed E-state index contributed by atoms with van der Waals surface area (Å²) in [5, 5.41) is 2.54. The Hall–Kier alpha value is -2.27. The van der Waals surface area contributed by atoms with Gasteiger partial charge in [0, 0.05) is 13.0 Å². The van der Waals surface area contributed by atoms with E-state index in [-0.39, 0.29) is 12.6 Å². The second-order valence-corrected chi connectivity index (χ2v) is 5.21. The molecule has 0 saturated heterocycles. The van der Waals surface area contributed by atoms with Crippen molar-refractivity contribution in [2.45, 2.75) is 19.1 Å². The number of amides is 1. The van der Waals surface area contributed by atoms with Crippen LogP contribution in [0.5, 0.6) is 0 Å². The number of rotatable bonds is 3. The van der Waals surface area contributed by atoms with Crippen molar-refractivity contribution in [1.29, 1.82) is 0 Å². The molecular weight excluding hydrogens is 288 g/mol. The van der Waals surface area contributed by atoms with Gasteiger partial charge in [0.2, 0.25) is 0 Å². The summed E-state index contributed by atoms with van der Waals surface area (Å²) in [5.74, 6) is -2.50. The molecule has 5 heteroatoms. The Morgan fingerprint density at radius 1 is 1.09 bits per heavy atom. The Bertz CT molecular complexity index is 683. The number of hydrogen-bond donors (Lipinski definition) is 1.